The molecule has 49 heavy (non-hydrogen) atoms. The van der Waals surface area contributed by atoms with Gasteiger partial charge in [-0.1, -0.05) is 0 Å². The minimum absolute atomic E-state index is 0.00439. The van der Waals surface area contributed by atoms with Crippen LogP contribution in [0.5, 0.6) is 23.0 Å². The first-order chi connectivity index (χ1) is 23.3. The molecule has 0 aliphatic carbocycles. The van der Waals surface area contributed by atoms with Crippen LogP contribution in [0, 0.1) is 0 Å². The van der Waals surface area contributed by atoms with E-state index < -0.39 is 57.7 Å². The highest BCUT2D eigenvalue weighted by molar-refractivity contribution is 6.03. The number of aromatic nitrogens is 2. The normalized spacial score (nSPS) is 10.9. The first-order valence-corrected chi connectivity index (χ1v) is 14.8. The minimum atomic E-state index is -0.819. The molecule has 0 fully saturated rings. The highest BCUT2D eigenvalue weighted by atomic mass is 16.6. The maximum Gasteiger partial charge on any atom is 0.293 e. The van der Waals surface area contributed by atoms with Gasteiger partial charge in [-0.25, -0.2) is 5.90 Å². The van der Waals surface area contributed by atoms with E-state index in [0.717, 1.165) is 21.3 Å². The maximum atomic E-state index is 12.8. The summed E-state index contributed by atoms with van der Waals surface area (Å²) in [6.45, 7) is 0.502. The van der Waals surface area contributed by atoms with Crippen LogP contribution in [0.2, 0.25) is 0 Å². The first kappa shape index (κ1) is 37.5. The van der Waals surface area contributed by atoms with Gasteiger partial charge in [-0.2, -0.15) is 0 Å². The van der Waals surface area contributed by atoms with Gasteiger partial charge in [-0.15, -0.1) is 0 Å². The number of rotatable bonds is 16. The summed E-state index contributed by atoms with van der Waals surface area (Å²) < 4.78 is 2.21. The molecule has 0 saturated heterocycles. The summed E-state index contributed by atoms with van der Waals surface area (Å²) in [4.78, 5) is 80.4. The molecule has 0 radical (unpaired) electrons. The van der Waals surface area contributed by atoms with Crippen LogP contribution >= 0.6 is 0 Å². The Morgan fingerprint density at radius 1 is 0.612 bits per heavy atom. The molecule has 264 valence electrons. The zero-order chi connectivity index (χ0) is 36.2. The number of amides is 4. The number of hydrogen-bond donors (Lipinski definition) is 9. The van der Waals surface area contributed by atoms with Gasteiger partial charge in [-0.05, 0) is 24.3 Å². The Morgan fingerprint density at radius 3 is 1.29 bits per heavy atom. The van der Waals surface area contributed by atoms with E-state index in [1.807, 2.05) is 0 Å². The molecular weight excluding hydrogens is 648 g/mol. The number of carbonyl (C=O) groups excluding carboxylic acids is 4. The molecule has 0 spiro atoms. The average Bonchev–Trinajstić information content (AvgIpc) is 3.07. The minimum Gasteiger partial charge on any atom is -0.504 e. The number of nitrogens with one attached hydrogen (secondary N) is 4. The van der Waals surface area contributed by atoms with Gasteiger partial charge in [0.05, 0.1) is 28.9 Å². The lowest BCUT2D eigenvalue weighted by Crippen LogP contribution is -2.43. The number of aromatic hydroxyl groups is 4. The van der Waals surface area contributed by atoms with Gasteiger partial charge in [-0.3, -0.25) is 33.7 Å². The number of nitrogens with zero attached hydrogens (tertiary/aromatic N) is 3. The number of nitrogens with two attached hydrogens (primary N) is 1. The Morgan fingerprint density at radius 2 is 0.939 bits per heavy atom. The van der Waals surface area contributed by atoms with Crippen molar-refractivity contribution in [2.75, 3.05) is 52.4 Å². The molecule has 19 heteroatoms. The van der Waals surface area contributed by atoms with E-state index in [-0.39, 0.29) is 74.7 Å². The number of benzene rings is 1. The van der Waals surface area contributed by atoms with Crippen molar-refractivity contribution in [1.82, 2.24) is 35.3 Å². The Balaban J connectivity index is 1.64. The summed E-state index contributed by atoms with van der Waals surface area (Å²) in [7, 11) is 2.83. The Kier molecular flexibility index (Phi) is 13.2. The molecule has 0 aliphatic rings. The van der Waals surface area contributed by atoms with E-state index >= 15 is 0 Å². The van der Waals surface area contributed by atoms with Gasteiger partial charge >= 0.3 is 0 Å². The molecule has 2 aromatic heterocycles. The molecule has 0 atom stereocenters. The second-order valence-corrected chi connectivity index (χ2v) is 10.6. The molecule has 19 nitrogen and oxygen atoms in total. The van der Waals surface area contributed by atoms with Crippen LogP contribution in [0.15, 0.2) is 46.2 Å². The monoisotopic (exact) mass is 686 g/mol. The van der Waals surface area contributed by atoms with Gasteiger partial charge in [0.15, 0.2) is 23.0 Å². The fourth-order valence-electron chi connectivity index (χ4n) is 4.47. The largest absolute Gasteiger partial charge is 0.504 e. The predicted molar refractivity (Wildman–Crippen MR) is 172 cm³/mol. The van der Waals surface area contributed by atoms with E-state index in [4.69, 9.17) is 5.90 Å². The van der Waals surface area contributed by atoms with Crippen molar-refractivity contribution in [3.05, 3.63) is 79.6 Å². The molecule has 0 aliphatic heterocycles. The van der Waals surface area contributed by atoms with Crippen molar-refractivity contribution in [2.45, 2.75) is 0 Å². The second kappa shape index (κ2) is 17.3. The summed E-state index contributed by atoms with van der Waals surface area (Å²) >= 11 is 0. The summed E-state index contributed by atoms with van der Waals surface area (Å²) in [5.41, 5.74) is -2.54. The van der Waals surface area contributed by atoms with Crippen molar-refractivity contribution >= 4 is 23.6 Å². The molecule has 3 rings (SSSR count). The molecule has 0 saturated carbocycles. The fourth-order valence-corrected chi connectivity index (χ4v) is 4.47. The number of phenolic OH excluding ortho intramolecular Hbond substituents is 2. The molecular formula is C30H38N8O11. The van der Waals surface area contributed by atoms with E-state index in [9.17, 15) is 49.2 Å². The molecule has 10 N–H and O–H groups in total. The lowest BCUT2D eigenvalue weighted by molar-refractivity contribution is 0.0906. The van der Waals surface area contributed by atoms with Gasteiger partial charge in [0.25, 0.3) is 34.7 Å². The van der Waals surface area contributed by atoms with Gasteiger partial charge in [0.2, 0.25) is 0 Å². The molecule has 2 heterocycles. The lowest BCUT2D eigenvalue weighted by Gasteiger charge is -2.23. The van der Waals surface area contributed by atoms with Crippen molar-refractivity contribution < 1.29 is 44.4 Å². The van der Waals surface area contributed by atoms with E-state index in [1.54, 1.807) is 4.90 Å². The van der Waals surface area contributed by atoms with Crippen molar-refractivity contribution in [3.63, 3.8) is 0 Å². The molecule has 0 unspecified atom stereocenters. The van der Waals surface area contributed by atoms with Gasteiger partial charge in [0.1, 0.15) is 0 Å². The van der Waals surface area contributed by atoms with E-state index in [2.05, 4.69) is 26.1 Å². The molecule has 0 bridgehead atoms. The van der Waals surface area contributed by atoms with Crippen molar-refractivity contribution in [1.29, 1.82) is 0 Å². The van der Waals surface area contributed by atoms with Gasteiger partial charge in [0, 0.05) is 72.3 Å². The van der Waals surface area contributed by atoms with Crippen LogP contribution in [0.1, 0.15) is 41.4 Å². The quantitative estimate of drug-likeness (QED) is 0.0426. The number of aryl methyl sites for hydroxylation is 2. The number of carbonyl (C=O) groups is 4. The Labute approximate surface area is 278 Å². The first-order valence-electron chi connectivity index (χ1n) is 14.8. The SMILES string of the molecule is Cn1ccc(C(=O)NCCN(CCNC(=O)c2ccc(C(=O)NCCON)c(O)c2O)CCNC(=O)c2ccn(C)c(=O)c2O)c(O)c1=O. The van der Waals surface area contributed by atoms with Crippen LogP contribution in [-0.4, -0.2) is 111 Å². The maximum absolute atomic E-state index is 12.8. The molecule has 1 aromatic carbocycles. The van der Waals surface area contributed by atoms with Crippen molar-refractivity contribution in [3.8, 4) is 23.0 Å². The zero-order valence-electron chi connectivity index (χ0n) is 26.7. The third-order valence-electron chi connectivity index (χ3n) is 7.26. The van der Waals surface area contributed by atoms with E-state index in [0.29, 0.717) is 0 Å². The van der Waals surface area contributed by atoms with Crippen LogP contribution in [-0.2, 0) is 18.9 Å². The molecule has 4 amide bonds. The highest BCUT2D eigenvalue weighted by Crippen LogP contribution is 2.32. The third-order valence-corrected chi connectivity index (χ3v) is 7.26. The van der Waals surface area contributed by atoms with Crippen molar-refractivity contribution in [2.24, 2.45) is 20.0 Å². The predicted octanol–water partition coefficient (Wildman–Crippen LogP) is -2.58. The highest BCUT2D eigenvalue weighted by Gasteiger charge is 2.22. The van der Waals surface area contributed by atoms with Crippen LogP contribution in [0.3, 0.4) is 0 Å². The number of pyridine rings is 2. The summed E-state index contributed by atoms with van der Waals surface area (Å²) in [5.74, 6) is -1.09. The average molecular weight is 687 g/mol. The number of hydrogen-bond acceptors (Lipinski definition) is 13. The second-order valence-electron chi connectivity index (χ2n) is 10.6. The Hall–Kier alpha value is -5.92. The van der Waals surface area contributed by atoms with E-state index in [1.165, 1.54) is 38.6 Å². The standard InChI is InChI=1S/C30H38N8O11/c1-36-11-5-19(23(41)29(36)47)27(45)33-8-14-38(15-9-34-28(46)20-6-12-37(2)30(48)24(20)42)13-7-32-25(43)17-3-4-18(22(40)21(17)39)26(44)35-10-16-49-31/h3-6,11-12,39-42H,7-10,13-16,31H2,1-2H3,(H,32,43)(H,33,45)(H,34,46)(H,35,44). The Bertz CT molecular complexity index is 1740. The van der Waals surface area contributed by atoms with Crippen LogP contribution in [0.4, 0.5) is 0 Å². The summed E-state index contributed by atoms with van der Waals surface area (Å²) in [6.07, 6.45) is 2.65. The smallest absolute Gasteiger partial charge is 0.293 e. The number of phenols is 2. The lowest BCUT2D eigenvalue weighted by atomic mass is 10.1. The summed E-state index contributed by atoms with van der Waals surface area (Å²) in [6, 6.07) is 4.87. The fraction of sp³-hybridized carbons (Fsp3) is 0.333. The van der Waals surface area contributed by atoms with Crippen LogP contribution < -0.4 is 38.3 Å². The van der Waals surface area contributed by atoms with Crippen LogP contribution in [0.25, 0.3) is 0 Å². The summed E-state index contributed by atoms with van der Waals surface area (Å²) in [5, 5.41) is 51.0. The topological polar surface area (TPSA) is 280 Å². The third kappa shape index (κ3) is 9.56. The van der Waals surface area contributed by atoms with Gasteiger partial charge < -0.3 is 55.7 Å². The molecule has 3 aromatic rings. The zero-order valence-corrected chi connectivity index (χ0v) is 26.7.